The van der Waals surface area contributed by atoms with E-state index in [-0.39, 0.29) is 23.6 Å². The largest absolute Gasteiger partial charge is 0.490 e. The van der Waals surface area contributed by atoms with E-state index in [0.717, 1.165) is 6.26 Å². The van der Waals surface area contributed by atoms with Gasteiger partial charge in [0.2, 0.25) is 16.3 Å². The van der Waals surface area contributed by atoms with Crippen molar-refractivity contribution in [2.24, 2.45) is 0 Å². The number of fused-ring (bicyclic) bond motifs is 3. The van der Waals surface area contributed by atoms with Crippen molar-refractivity contribution in [3.05, 3.63) is 90.5 Å². The molecule has 1 aliphatic heterocycles. The van der Waals surface area contributed by atoms with E-state index >= 15 is 8.78 Å². The lowest BCUT2D eigenvalue weighted by Crippen LogP contribution is -2.27. The first-order valence-electron chi connectivity index (χ1n) is 9.94. The van der Waals surface area contributed by atoms with Gasteiger partial charge in [0.1, 0.15) is 18.1 Å². The normalized spacial score (nSPS) is 15.1. The van der Waals surface area contributed by atoms with Crippen LogP contribution in [-0.2, 0) is 20.9 Å². The van der Waals surface area contributed by atoms with Gasteiger partial charge in [0, 0.05) is 16.8 Å². The second-order valence-corrected chi connectivity index (χ2v) is 9.13. The Morgan fingerprint density at radius 1 is 1.09 bits per heavy atom. The van der Waals surface area contributed by atoms with Gasteiger partial charge in [-0.15, -0.1) is 0 Å². The lowest BCUT2D eigenvalue weighted by atomic mass is 9.95. The Morgan fingerprint density at radius 2 is 1.88 bits per heavy atom. The average Bonchev–Trinajstić information content (AvgIpc) is 2.77. The fourth-order valence-corrected chi connectivity index (χ4v) is 4.02. The number of anilines is 1. The summed E-state index contributed by atoms with van der Waals surface area (Å²) in [5.41, 5.74) is 1.33. The molecule has 0 fully saturated rings. The second-order valence-electron chi connectivity index (χ2n) is 7.38. The second kappa shape index (κ2) is 8.84. The summed E-state index contributed by atoms with van der Waals surface area (Å²) in [7, 11) is -3.57. The third kappa shape index (κ3) is 5.15. The molecule has 3 aromatic carbocycles. The Balaban J connectivity index is 1.71. The van der Waals surface area contributed by atoms with Gasteiger partial charge in [-0.05, 0) is 35.9 Å². The van der Waals surface area contributed by atoms with Crippen LogP contribution in [0, 0.1) is 0 Å². The molecule has 6 nitrogen and oxygen atoms in total. The number of hydrogen-bond acceptors (Lipinski definition) is 5. The molecule has 0 aromatic heterocycles. The van der Waals surface area contributed by atoms with Gasteiger partial charge in [-0.25, -0.2) is 8.42 Å². The maximum Gasteiger partial charge on any atom is 0.386 e. The third-order valence-corrected chi connectivity index (χ3v) is 5.42. The van der Waals surface area contributed by atoms with Crippen molar-refractivity contribution >= 4 is 15.7 Å². The number of para-hydroxylation sites is 1. The summed E-state index contributed by atoms with van der Waals surface area (Å²) in [4.78, 5) is 0. The summed E-state index contributed by atoms with van der Waals surface area (Å²) < 4.78 is 72.4. The van der Waals surface area contributed by atoms with E-state index in [0.29, 0.717) is 16.9 Å². The first kappa shape index (κ1) is 22.8. The van der Waals surface area contributed by atoms with Crippen LogP contribution in [-0.4, -0.2) is 21.3 Å². The van der Waals surface area contributed by atoms with Crippen LogP contribution in [0.4, 0.5) is 14.5 Å². The van der Waals surface area contributed by atoms with Gasteiger partial charge < -0.3 is 9.47 Å². The van der Waals surface area contributed by atoms with Gasteiger partial charge in [-0.1, -0.05) is 49.1 Å². The molecule has 4 rings (SSSR count). The molecule has 1 atom stereocenters. The molecule has 0 saturated heterocycles. The van der Waals surface area contributed by atoms with Gasteiger partial charge >= 0.3 is 6.11 Å². The first-order valence-corrected chi connectivity index (χ1v) is 11.8. The standard InChI is InChI=1S/C24H21F2NO5S/c1-3-13-30-18-8-6-7-16(14-18)24(25,26)32-23-21-15-17(27-33(2,28)29)11-12-19(21)20-9-4-5-10-22(20)31-23/h3-12,14-15,23,27H,1,13H2,2H3. The number of hydrogen-bond donors (Lipinski definition) is 1. The van der Waals surface area contributed by atoms with E-state index in [2.05, 4.69) is 11.3 Å². The van der Waals surface area contributed by atoms with Crippen LogP contribution >= 0.6 is 0 Å². The number of alkyl halides is 2. The van der Waals surface area contributed by atoms with E-state index in [1.54, 1.807) is 42.5 Å². The SMILES string of the molecule is C=CCOc1cccc(C(F)(F)OC2Oc3ccccc3-c3ccc(NS(C)(=O)=O)cc32)c1. The minimum atomic E-state index is -3.73. The Kier molecular flexibility index (Phi) is 6.09. The Morgan fingerprint density at radius 3 is 2.64 bits per heavy atom. The predicted molar refractivity (Wildman–Crippen MR) is 121 cm³/mol. The molecule has 33 heavy (non-hydrogen) atoms. The van der Waals surface area contributed by atoms with Gasteiger partial charge in [0.25, 0.3) is 0 Å². The van der Waals surface area contributed by atoms with Crippen molar-refractivity contribution < 1.29 is 31.4 Å². The van der Waals surface area contributed by atoms with Gasteiger partial charge in [-0.2, -0.15) is 8.78 Å². The van der Waals surface area contributed by atoms with Crippen molar-refractivity contribution in [3.8, 4) is 22.6 Å². The predicted octanol–water partition coefficient (Wildman–Crippen LogP) is 5.45. The molecule has 1 aliphatic rings. The number of sulfonamides is 1. The fraction of sp³-hybridized carbons (Fsp3) is 0.167. The topological polar surface area (TPSA) is 73.9 Å². The molecule has 1 unspecified atom stereocenters. The van der Waals surface area contributed by atoms with Gasteiger partial charge in [0.15, 0.2) is 0 Å². The summed E-state index contributed by atoms with van der Waals surface area (Å²) >= 11 is 0. The maximum atomic E-state index is 15.2. The third-order valence-electron chi connectivity index (χ3n) is 4.81. The first-order chi connectivity index (χ1) is 15.7. The van der Waals surface area contributed by atoms with Crippen molar-refractivity contribution in [1.29, 1.82) is 0 Å². The van der Waals surface area contributed by atoms with Crippen LogP contribution < -0.4 is 14.2 Å². The van der Waals surface area contributed by atoms with Crippen molar-refractivity contribution in [2.45, 2.75) is 12.4 Å². The Bertz CT molecular complexity index is 1290. The number of benzene rings is 3. The summed E-state index contributed by atoms with van der Waals surface area (Å²) in [5.74, 6) is 0.614. The van der Waals surface area contributed by atoms with Crippen LogP contribution in [0.1, 0.15) is 17.4 Å². The molecule has 1 N–H and O–H groups in total. The van der Waals surface area contributed by atoms with E-state index in [4.69, 9.17) is 14.2 Å². The van der Waals surface area contributed by atoms with E-state index in [1.807, 2.05) is 0 Å². The van der Waals surface area contributed by atoms with Crippen molar-refractivity contribution in [1.82, 2.24) is 0 Å². The number of halogens is 2. The molecular weight excluding hydrogens is 452 g/mol. The zero-order valence-corrected chi connectivity index (χ0v) is 18.4. The van der Waals surface area contributed by atoms with Crippen molar-refractivity contribution in [2.75, 3.05) is 17.6 Å². The quantitative estimate of drug-likeness (QED) is 0.441. The van der Waals surface area contributed by atoms with Crippen LogP contribution in [0.15, 0.2) is 79.4 Å². The molecule has 0 saturated carbocycles. The van der Waals surface area contributed by atoms with Crippen LogP contribution in [0.2, 0.25) is 0 Å². The number of ether oxygens (including phenoxy) is 3. The number of rotatable bonds is 8. The average molecular weight is 473 g/mol. The molecule has 3 aromatic rings. The highest BCUT2D eigenvalue weighted by Gasteiger charge is 2.40. The lowest BCUT2D eigenvalue weighted by Gasteiger charge is -2.31. The molecule has 172 valence electrons. The minimum absolute atomic E-state index is 0.169. The fourth-order valence-electron chi connectivity index (χ4n) is 3.46. The van der Waals surface area contributed by atoms with Gasteiger partial charge in [-0.3, -0.25) is 9.46 Å². The van der Waals surface area contributed by atoms with E-state index in [9.17, 15) is 8.42 Å². The minimum Gasteiger partial charge on any atom is -0.490 e. The molecule has 9 heteroatoms. The summed E-state index contributed by atoms with van der Waals surface area (Å²) in [6.45, 7) is 3.70. The summed E-state index contributed by atoms with van der Waals surface area (Å²) in [5, 5.41) is 0. The molecule has 0 amide bonds. The Labute approximate surface area is 190 Å². The molecule has 0 bridgehead atoms. The lowest BCUT2D eigenvalue weighted by molar-refractivity contribution is -0.312. The smallest absolute Gasteiger partial charge is 0.386 e. The van der Waals surface area contributed by atoms with Crippen LogP contribution in [0.3, 0.4) is 0 Å². The van der Waals surface area contributed by atoms with Crippen LogP contribution in [0.25, 0.3) is 11.1 Å². The van der Waals surface area contributed by atoms with Gasteiger partial charge in [0.05, 0.1) is 11.8 Å². The highest BCUT2D eigenvalue weighted by Crippen LogP contribution is 2.46. The molecule has 1 heterocycles. The highest BCUT2D eigenvalue weighted by atomic mass is 32.2. The molecule has 0 aliphatic carbocycles. The molecule has 0 spiro atoms. The summed E-state index contributed by atoms with van der Waals surface area (Å²) in [6, 6.07) is 17.0. The molecular formula is C24H21F2NO5S. The molecule has 0 radical (unpaired) electrons. The zero-order valence-electron chi connectivity index (χ0n) is 17.6. The maximum absolute atomic E-state index is 15.2. The Hall–Kier alpha value is -3.43. The monoisotopic (exact) mass is 473 g/mol. The zero-order chi connectivity index (χ0) is 23.6. The summed E-state index contributed by atoms with van der Waals surface area (Å²) in [6.07, 6.45) is -2.72. The number of nitrogens with one attached hydrogen (secondary N) is 1. The van der Waals surface area contributed by atoms with Crippen molar-refractivity contribution in [3.63, 3.8) is 0 Å². The van der Waals surface area contributed by atoms with E-state index < -0.39 is 28.0 Å². The van der Waals surface area contributed by atoms with E-state index in [1.165, 1.54) is 30.3 Å². The van der Waals surface area contributed by atoms with Crippen LogP contribution in [0.5, 0.6) is 11.5 Å². The highest BCUT2D eigenvalue weighted by molar-refractivity contribution is 7.92.